The highest BCUT2D eigenvalue weighted by atomic mass is 35.5. The minimum Gasteiger partial charge on any atom is -0.495 e. The molecule has 0 radical (unpaired) electrons. The second-order valence-corrected chi connectivity index (χ2v) is 9.93. The van der Waals surface area contributed by atoms with Gasteiger partial charge < -0.3 is 14.8 Å². The van der Waals surface area contributed by atoms with Gasteiger partial charge in [-0.05, 0) is 54.1 Å². The lowest BCUT2D eigenvalue weighted by atomic mass is 10.2. The van der Waals surface area contributed by atoms with Gasteiger partial charge >= 0.3 is 0 Å². The predicted octanol–water partition coefficient (Wildman–Crippen LogP) is 3.28. The van der Waals surface area contributed by atoms with Gasteiger partial charge in [-0.25, -0.2) is 13.8 Å². The van der Waals surface area contributed by atoms with Crippen LogP contribution >= 0.6 is 11.6 Å². The van der Waals surface area contributed by atoms with Crippen molar-refractivity contribution in [3.05, 3.63) is 83.4 Å². The van der Waals surface area contributed by atoms with E-state index in [0.29, 0.717) is 22.7 Å². The van der Waals surface area contributed by atoms with Crippen LogP contribution in [0.25, 0.3) is 0 Å². The molecular formula is C25H25ClN4O6S. The average molecular weight is 545 g/mol. The molecule has 0 heterocycles. The van der Waals surface area contributed by atoms with Gasteiger partial charge in [0, 0.05) is 0 Å². The Bertz CT molecular complexity index is 1380. The predicted molar refractivity (Wildman–Crippen MR) is 143 cm³/mol. The summed E-state index contributed by atoms with van der Waals surface area (Å²) in [6.07, 6.45) is 2.37. The van der Waals surface area contributed by atoms with Crippen molar-refractivity contribution in [1.82, 2.24) is 5.43 Å². The maximum Gasteiger partial charge on any atom is 0.262 e. The zero-order chi connectivity index (χ0) is 26.8. The smallest absolute Gasteiger partial charge is 0.262 e. The highest BCUT2D eigenvalue weighted by molar-refractivity contribution is 7.92. The second-order valence-electron chi connectivity index (χ2n) is 7.62. The van der Waals surface area contributed by atoms with Crippen LogP contribution in [0.3, 0.4) is 0 Å². The molecule has 10 nitrogen and oxygen atoms in total. The molecule has 194 valence electrons. The van der Waals surface area contributed by atoms with Gasteiger partial charge in [-0.2, -0.15) is 5.10 Å². The first-order valence-corrected chi connectivity index (χ1v) is 13.1. The van der Waals surface area contributed by atoms with Crippen LogP contribution in [0.15, 0.2) is 77.9 Å². The number of ether oxygens (including phenoxy) is 2. The summed E-state index contributed by atoms with van der Waals surface area (Å²) >= 11 is 6.09. The molecule has 0 aliphatic rings. The van der Waals surface area contributed by atoms with Crippen LogP contribution in [0.2, 0.25) is 5.02 Å². The van der Waals surface area contributed by atoms with E-state index >= 15 is 0 Å². The lowest BCUT2D eigenvalue weighted by molar-refractivity contribution is -0.119. The molecule has 0 atom stereocenters. The highest BCUT2D eigenvalue weighted by Crippen LogP contribution is 2.27. The molecule has 0 fully saturated rings. The van der Waals surface area contributed by atoms with Crippen LogP contribution in [0.5, 0.6) is 11.5 Å². The van der Waals surface area contributed by atoms with Gasteiger partial charge in [0.1, 0.15) is 18.0 Å². The van der Waals surface area contributed by atoms with E-state index in [1.165, 1.54) is 25.5 Å². The maximum atomic E-state index is 12.3. The number of halogens is 1. The fourth-order valence-corrected chi connectivity index (χ4v) is 4.27. The third-order valence-electron chi connectivity index (χ3n) is 4.84. The molecule has 0 aliphatic carbocycles. The van der Waals surface area contributed by atoms with E-state index in [9.17, 15) is 18.0 Å². The number of nitrogens with one attached hydrogen (secondary N) is 2. The number of anilines is 2. The molecule has 0 aliphatic heterocycles. The largest absolute Gasteiger partial charge is 0.495 e. The SMILES string of the molecule is COc1ccccc1NC(=O)COc1ccc(/C=N\NC(=O)CN(c2ccccc2Cl)S(C)(=O)=O)cc1. The topological polar surface area (TPSA) is 126 Å². The van der Waals surface area contributed by atoms with Crippen molar-refractivity contribution in [2.45, 2.75) is 0 Å². The number of sulfonamides is 1. The van der Waals surface area contributed by atoms with Crippen LogP contribution in [-0.4, -0.2) is 53.0 Å². The number of amides is 2. The first-order chi connectivity index (χ1) is 17.7. The van der Waals surface area contributed by atoms with Gasteiger partial charge in [0.25, 0.3) is 11.8 Å². The van der Waals surface area contributed by atoms with E-state index in [4.69, 9.17) is 21.1 Å². The number of hydrogen-bond donors (Lipinski definition) is 2. The summed E-state index contributed by atoms with van der Waals surface area (Å²) < 4.78 is 35.9. The number of benzene rings is 3. The molecule has 0 aromatic heterocycles. The number of nitrogens with zero attached hydrogens (tertiary/aromatic N) is 2. The quantitative estimate of drug-likeness (QED) is 0.282. The minimum absolute atomic E-state index is 0.193. The number of carbonyl (C=O) groups excluding carboxylic acids is 2. The summed E-state index contributed by atoms with van der Waals surface area (Å²) in [5.74, 6) is -0.000228. The van der Waals surface area contributed by atoms with Crippen molar-refractivity contribution < 1.29 is 27.5 Å². The number of hydrazone groups is 1. The van der Waals surface area contributed by atoms with Crippen LogP contribution in [0.1, 0.15) is 5.56 Å². The fraction of sp³-hybridized carbons (Fsp3) is 0.160. The van der Waals surface area contributed by atoms with Crippen LogP contribution in [-0.2, 0) is 19.6 Å². The molecular weight excluding hydrogens is 520 g/mol. The summed E-state index contributed by atoms with van der Waals surface area (Å²) in [5, 5.41) is 6.78. The minimum atomic E-state index is -3.76. The van der Waals surface area contributed by atoms with Crippen LogP contribution in [0, 0.1) is 0 Å². The Morgan fingerprint density at radius 3 is 2.35 bits per heavy atom. The summed E-state index contributed by atoms with van der Waals surface area (Å²) in [6.45, 7) is -0.701. The van der Waals surface area contributed by atoms with E-state index in [0.717, 1.165) is 10.6 Å². The molecule has 0 spiro atoms. The van der Waals surface area contributed by atoms with Crippen molar-refractivity contribution in [1.29, 1.82) is 0 Å². The van der Waals surface area contributed by atoms with E-state index in [1.807, 2.05) is 0 Å². The first-order valence-electron chi connectivity index (χ1n) is 10.9. The molecule has 2 amide bonds. The van der Waals surface area contributed by atoms with E-state index < -0.39 is 22.5 Å². The van der Waals surface area contributed by atoms with Gasteiger partial charge in [0.15, 0.2) is 6.61 Å². The summed E-state index contributed by atoms with van der Waals surface area (Å²) in [6, 6.07) is 20.0. The average Bonchev–Trinajstić information content (AvgIpc) is 2.87. The van der Waals surface area contributed by atoms with Crippen molar-refractivity contribution >= 4 is 51.0 Å². The monoisotopic (exact) mass is 544 g/mol. The zero-order valence-corrected chi connectivity index (χ0v) is 21.6. The number of hydrogen-bond acceptors (Lipinski definition) is 7. The Labute approximate surface area is 219 Å². The van der Waals surface area contributed by atoms with Gasteiger partial charge in [-0.1, -0.05) is 35.9 Å². The normalized spacial score (nSPS) is 11.1. The van der Waals surface area contributed by atoms with Gasteiger partial charge in [0.05, 0.1) is 36.0 Å². The van der Waals surface area contributed by atoms with Crippen molar-refractivity contribution in [3.63, 3.8) is 0 Å². The summed E-state index contributed by atoms with van der Waals surface area (Å²) in [5.41, 5.74) is 3.67. The standard InChI is InChI=1S/C25H25ClN4O6S/c1-35-23-10-6-4-8-21(23)28-25(32)17-36-19-13-11-18(12-14-19)15-27-29-24(31)16-30(37(2,33)34)22-9-5-3-7-20(22)26/h3-15H,16-17H2,1-2H3,(H,28,32)(H,29,31)/b27-15-. The van der Waals surface area contributed by atoms with Gasteiger partial charge in [-0.15, -0.1) is 0 Å². The third kappa shape index (κ3) is 8.23. The Morgan fingerprint density at radius 1 is 1.00 bits per heavy atom. The van der Waals surface area contributed by atoms with Crippen molar-refractivity contribution in [2.75, 3.05) is 36.1 Å². The van der Waals surface area contributed by atoms with E-state index in [2.05, 4.69) is 15.8 Å². The van der Waals surface area contributed by atoms with Crippen molar-refractivity contribution in [3.8, 4) is 11.5 Å². The third-order valence-corrected chi connectivity index (χ3v) is 6.29. The molecule has 0 saturated heterocycles. The van der Waals surface area contributed by atoms with Crippen LogP contribution in [0.4, 0.5) is 11.4 Å². The lowest BCUT2D eigenvalue weighted by Crippen LogP contribution is -2.39. The molecule has 3 rings (SSSR count). The Balaban J connectivity index is 1.51. The number of rotatable bonds is 11. The fourth-order valence-electron chi connectivity index (χ4n) is 3.11. The molecule has 3 aromatic rings. The Morgan fingerprint density at radius 2 is 1.68 bits per heavy atom. The highest BCUT2D eigenvalue weighted by Gasteiger charge is 2.22. The van der Waals surface area contributed by atoms with Gasteiger partial charge in [-0.3, -0.25) is 13.9 Å². The second kappa shape index (κ2) is 12.7. The molecule has 0 unspecified atom stereocenters. The molecule has 12 heteroatoms. The maximum absolute atomic E-state index is 12.3. The Hall–Kier alpha value is -4.09. The molecule has 0 saturated carbocycles. The van der Waals surface area contributed by atoms with E-state index in [1.54, 1.807) is 60.7 Å². The Kier molecular flexibility index (Phi) is 9.47. The molecule has 37 heavy (non-hydrogen) atoms. The van der Waals surface area contributed by atoms with Crippen LogP contribution < -0.4 is 24.5 Å². The molecule has 2 N–H and O–H groups in total. The summed E-state index contributed by atoms with van der Waals surface area (Å²) in [7, 11) is -2.25. The zero-order valence-electron chi connectivity index (χ0n) is 20.0. The number of para-hydroxylation sites is 3. The van der Waals surface area contributed by atoms with Gasteiger partial charge in [0.2, 0.25) is 10.0 Å². The molecule has 0 bridgehead atoms. The number of carbonyl (C=O) groups is 2. The lowest BCUT2D eigenvalue weighted by Gasteiger charge is -2.22. The van der Waals surface area contributed by atoms with E-state index in [-0.39, 0.29) is 23.2 Å². The van der Waals surface area contributed by atoms with Crippen molar-refractivity contribution in [2.24, 2.45) is 5.10 Å². The molecule has 3 aromatic carbocycles. The first kappa shape index (κ1) is 27.5. The number of methoxy groups -OCH3 is 1. The summed E-state index contributed by atoms with van der Waals surface area (Å²) in [4.78, 5) is 24.5.